The largest absolute Gasteiger partial charge is 0.339 e. The maximum atomic E-state index is 5.90. The highest BCUT2D eigenvalue weighted by Gasteiger charge is 2.24. The quantitative estimate of drug-likeness (QED) is 0.875. The number of nitrogens with zero attached hydrogens (tertiary/aromatic N) is 3. The first kappa shape index (κ1) is 11.3. The van der Waals surface area contributed by atoms with Gasteiger partial charge < -0.3 is 10.3 Å². The van der Waals surface area contributed by atoms with Crippen LogP contribution in [0.5, 0.6) is 0 Å². The second-order valence-corrected chi connectivity index (χ2v) is 4.80. The molecule has 0 aromatic carbocycles. The Morgan fingerprint density at radius 2 is 1.83 bits per heavy atom. The third-order valence-corrected chi connectivity index (χ3v) is 3.50. The van der Waals surface area contributed by atoms with Crippen molar-refractivity contribution in [2.45, 2.75) is 37.6 Å². The van der Waals surface area contributed by atoms with Crippen molar-refractivity contribution in [3.63, 3.8) is 0 Å². The van der Waals surface area contributed by atoms with Crippen LogP contribution in [-0.2, 0) is 0 Å². The third kappa shape index (κ3) is 2.26. The lowest BCUT2D eigenvalue weighted by Crippen LogP contribution is -2.25. The Hall–Kier alpha value is -1.75. The van der Waals surface area contributed by atoms with Crippen molar-refractivity contribution in [1.82, 2.24) is 15.1 Å². The van der Waals surface area contributed by atoms with E-state index in [1.165, 1.54) is 0 Å². The summed E-state index contributed by atoms with van der Waals surface area (Å²) in [5.41, 5.74) is 6.84. The van der Waals surface area contributed by atoms with Gasteiger partial charge in [-0.05, 0) is 37.8 Å². The highest BCUT2D eigenvalue weighted by atomic mass is 16.5. The van der Waals surface area contributed by atoms with E-state index in [0.29, 0.717) is 17.8 Å². The summed E-state index contributed by atoms with van der Waals surface area (Å²) in [5, 5.41) is 4.04. The molecular formula is C13H16N4O. The molecule has 2 heterocycles. The molecule has 0 spiro atoms. The van der Waals surface area contributed by atoms with Crippen molar-refractivity contribution < 1.29 is 4.52 Å². The zero-order chi connectivity index (χ0) is 12.4. The Morgan fingerprint density at radius 1 is 1.11 bits per heavy atom. The van der Waals surface area contributed by atoms with E-state index in [1.54, 1.807) is 12.4 Å². The monoisotopic (exact) mass is 244 g/mol. The molecule has 1 aliphatic carbocycles. The Bertz CT molecular complexity index is 503. The second kappa shape index (κ2) is 4.86. The van der Waals surface area contributed by atoms with Gasteiger partial charge in [0.25, 0.3) is 0 Å². The number of hydrogen-bond acceptors (Lipinski definition) is 5. The Morgan fingerprint density at radius 3 is 2.56 bits per heavy atom. The molecule has 0 radical (unpaired) electrons. The minimum atomic E-state index is 0.337. The molecule has 1 aliphatic rings. The molecule has 1 saturated carbocycles. The lowest BCUT2D eigenvalue weighted by Gasteiger charge is -2.22. The summed E-state index contributed by atoms with van der Waals surface area (Å²) < 4.78 is 5.37. The van der Waals surface area contributed by atoms with Gasteiger partial charge >= 0.3 is 0 Å². The van der Waals surface area contributed by atoms with Crippen LogP contribution in [0, 0.1) is 0 Å². The highest BCUT2D eigenvalue weighted by molar-refractivity contribution is 5.52. The van der Waals surface area contributed by atoms with Crippen LogP contribution in [0.15, 0.2) is 29.0 Å². The van der Waals surface area contributed by atoms with Crippen LogP contribution in [0.1, 0.15) is 37.5 Å². The van der Waals surface area contributed by atoms with E-state index in [2.05, 4.69) is 15.1 Å². The van der Waals surface area contributed by atoms with Gasteiger partial charge in [-0.1, -0.05) is 5.16 Å². The number of rotatable bonds is 2. The lowest BCUT2D eigenvalue weighted by molar-refractivity contribution is 0.301. The third-order valence-electron chi connectivity index (χ3n) is 3.50. The van der Waals surface area contributed by atoms with E-state index in [-0.39, 0.29) is 0 Å². The molecule has 1 fully saturated rings. The van der Waals surface area contributed by atoms with Gasteiger partial charge in [0, 0.05) is 29.9 Å². The molecule has 5 heteroatoms. The van der Waals surface area contributed by atoms with Crippen molar-refractivity contribution >= 4 is 0 Å². The molecule has 0 unspecified atom stereocenters. The van der Waals surface area contributed by atoms with Crippen LogP contribution in [0.3, 0.4) is 0 Å². The summed E-state index contributed by atoms with van der Waals surface area (Å²) in [6, 6.07) is 4.10. The average Bonchev–Trinajstić information content (AvgIpc) is 2.90. The van der Waals surface area contributed by atoms with Crippen LogP contribution in [0.2, 0.25) is 0 Å². The van der Waals surface area contributed by atoms with Crippen LogP contribution >= 0.6 is 0 Å². The molecule has 2 aromatic rings. The fourth-order valence-corrected chi connectivity index (χ4v) is 2.39. The maximum absolute atomic E-state index is 5.90. The van der Waals surface area contributed by atoms with Crippen LogP contribution in [0.25, 0.3) is 11.4 Å². The number of nitrogens with two attached hydrogens (primary N) is 1. The molecule has 0 aliphatic heterocycles. The molecule has 2 N–H and O–H groups in total. The Kier molecular flexibility index (Phi) is 3.06. The normalized spacial score (nSPS) is 24.1. The molecule has 18 heavy (non-hydrogen) atoms. The predicted octanol–water partition coefficient (Wildman–Crippen LogP) is 2.12. The van der Waals surface area contributed by atoms with Gasteiger partial charge in [0.05, 0.1) is 0 Å². The average molecular weight is 244 g/mol. The topological polar surface area (TPSA) is 77.8 Å². The van der Waals surface area contributed by atoms with E-state index in [0.717, 1.165) is 37.1 Å². The Balaban J connectivity index is 1.78. The van der Waals surface area contributed by atoms with Crippen molar-refractivity contribution in [3.05, 3.63) is 30.4 Å². The summed E-state index contributed by atoms with van der Waals surface area (Å²) >= 11 is 0. The smallest absolute Gasteiger partial charge is 0.230 e. The van der Waals surface area contributed by atoms with Crippen molar-refractivity contribution in [2.24, 2.45) is 5.73 Å². The van der Waals surface area contributed by atoms with E-state index < -0.39 is 0 Å². The molecule has 94 valence electrons. The highest BCUT2D eigenvalue weighted by Crippen LogP contribution is 2.32. The molecule has 0 bridgehead atoms. The van der Waals surface area contributed by atoms with Gasteiger partial charge in [0.2, 0.25) is 11.7 Å². The summed E-state index contributed by atoms with van der Waals surface area (Å²) in [7, 11) is 0. The second-order valence-electron chi connectivity index (χ2n) is 4.80. The van der Waals surface area contributed by atoms with E-state index in [1.807, 2.05) is 12.1 Å². The van der Waals surface area contributed by atoms with Crippen LogP contribution in [-0.4, -0.2) is 21.2 Å². The fourth-order valence-electron chi connectivity index (χ4n) is 2.39. The van der Waals surface area contributed by atoms with Crippen LogP contribution < -0.4 is 5.73 Å². The molecule has 0 atom stereocenters. The molecule has 3 rings (SSSR count). The maximum Gasteiger partial charge on any atom is 0.230 e. The first-order valence-corrected chi connectivity index (χ1v) is 6.32. The summed E-state index contributed by atoms with van der Waals surface area (Å²) in [5.74, 6) is 1.75. The van der Waals surface area contributed by atoms with Crippen LogP contribution in [0.4, 0.5) is 0 Å². The zero-order valence-corrected chi connectivity index (χ0v) is 10.1. The molecule has 2 aromatic heterocycles. The number of pyridine rings is 1. The molecular weight excluding hydrogens is 228 g/mol. The number of aromatic nitrogens is 3. The molecule has 0 saturated heterocycles. The first-order valence-electron chi connectivity index (χ1n) is 6.32. The molecule has 0 amide bonds. The SMILES string of the molecule is NC1CCC(c2nc(-c3ccncc3)no2)CC1. The van der Waals surface area contributed by atoms with Gasteiger partial charge in [-0.2, -0.15) is 4.98 Å². The predicted molar refractivity (Wildman–Crippen MR) is 66.7 cm³/mol. The van der Waals surface area contributed by atoms with Crippen molar-refractivity contribution in [2.75, 3.05) is 0 Å². The standard InChI is InChI=1S/C13H16N4O/c14-11-3-1-10(2-4-11)13-16-12(17-18-13)9-5-7-15-8-6-9/h5-8,10-11H,1-4,14H2. The van der Waals surface area contributed by atoms with Crippen molar-refractivity contribution in [1.29, 1.82) is 0 Å². The molecule has 5 nitrogen and oxygen atoms in total. The first-order chi connectivity index (χ1) is 8.83. The van der Waals surface area contributed by atoms with E-state index >= 15 is 0 Å². The van der Waals surface area contributed by atoms with Gasteiger partial charge in [-0.3, -0.25) is 4.98 Å². The Labute approximate surface area is 105 Å². The van der Waals surface area contributed by atoms with Gasteiger partial charge in [0.1, 0.15) is 0 Å². The summed E-state index contributed by atoms with van der Waals surface area (Å²) in [4.78, 5) is 8.46. The van der Waals surface area contributed by atoms with E-state index in [9.17, 15) is 0 Å². The van der Waals surface area contributed by atoms with Crippen molar-refractivity contribution in [3.8, 4) is 11.4 Å². The minimum Gasteiger partial charge on any atom is -0.339 e. The summed E-state index contributed by atoms with van der Waals surface area (Å²) in [6.45, 7) is 0. The van der Waals surface area contributed by atoms with E-state index in [4.69, 9.17) is 10.3 Å². The minimum absolute atomic E-state index is 0.337. The zero-order valence-electron chi connectivity index (χ0n) is 10.1. The van der Waals surface area contributed by atoms with Gasteiger partial charge in [0.15, 0.2) is 0 Å². The fraction of sp³-hybridized carbons (Fsp3) is 0.462. The lowest BCUT2D eigenvalue weighted by atomic mass is 9.86. The van der Waals surface area contributed by atoms with Gasteiger partial charge in [-0.15, -0.1) is 0 Å². The van der Waals surface area contributed by atoms with Gasteiger partial charge in [-0.25, -0.2) is 0 Å². The summed E-state index contributed by atoms with van der Waals surface area (Å²) in [6.07, 6.45) is 7.61. The number of hydrogen-bond donors (Lipinski definition) is 1.